The van der Waals surface area contributed by atoms with Gasteiger partial charge in [-0.3, -0.25) is 0 Å². The standard InChI is InChI=1S/C8H8BrF3N2/c9-7-2-1-5(4-14-7)3-6(13)8(10,11)12/h1-2,4,6H,3,13H2. The van der Waals surface area contributed by atoms with E-state index in [0.717, 1.165) is 0 Å². The zero-order valence-electron chi connectivity index (χ0n) is 7.05. The van der Waals surface area contributed by atoms with Crippen LogP contribution in [0.4, 0.5) is 13.2 Å². The largest absolute Gasteiger partial charge is 0.403 e. The fourth-order valence-electron chi connectivity index (χ4n) is 0.897. The molecule has 78 valence electrons. The number of nitrogens with two attached hydrogens (primary N) is 1. The highest BCUT2D eigenvalue weighted by Gasteiger charge is 2.36. The minimum Gasteiger partial charge on any atom is -0.320 e. The van der Waals surface area contributed by atoms with Crippen LogP contribution in [0.2, 0.25) is 0 Å². The first-order valence-electron chi connectivity index (χ1n) is 3.82. The number of hydrogen-bond acceptors (Lipinski definition) is 2. The van der Waals surface area contributed by atoms with Crippen LogP contribution in [-0.2, 0) is 6.42 Å². The molecular weight excluding hydrogens is 261 g/mol. The van der Waals surface area contributed by atoms with Gasteiger partial charge in [-0.25, -0.2) is 4.98 Å². The molecule has 0 aliphatic heterocycles. The molecular formula is C8H8BrF3N2. The number of hydrogen-bond donors (Lipinski definition) is 1. The topological polar surface area (TPSA) is 38.9 Å². The highest BCUT2D eigenvalue weighted by atomic mass is 79.9. The Balaban J connectivity index is 2.65. The van der Waals surface area contributed by atoms with Gasteiger partial charge >= 0.3 is 6.18 Å². The van der Waals surface area contributed by atoms with Crippen molar-refractivity contribution in [2.75, 3.05) is 0 Å². The fourth-order valence-corrected chi connectivity index (χ4v) is 1.13. The first kappa shape index (κ1) is 11.5. The van der Waals surface area contributed by atoms with Gasteiger partial charge in [0.05, 0.1) is 0 Å². The Kier molecular flexibility index (Phi) is 3.49. The molecule has 1 unspecified atom stereocenters. The molecule has 0 saturated carbocycles. The van der Waals surface area contributed by atoms with Crippen LogP contribution >= 0.6 is 15.9 Å². The highest BCUT2D eigenvalue weighted by Crippen LogP contribution is 2.21. The van der Waals surface area contributed by atoms with E-state index in [1.54, 1.807) is 12.1 Å². The lowest BCUT2D eigenvalue weighted by atomic mass is 10.1. The van der Waals surface area contributed by atoms with E-state index in [0.29, 0.717) is 10.2 Å². The maximum atomic E-state index is 12.1. The molecule has 0 aliphatic rings. The third-order valence-corrected chi connectivity index (χ3v) is 2.13. The van der Waals surface area contributed by atoms with E-state index in [4.69, 9.17) is 5.73 Å². The minimum atomic E-state index is -4.35. The lowest BCUT2D eigenvalue weighted by Gasteiger charge is -2.14. The number of aromatic nitrogens is 1. The molecule has 0 radical (unpaired) electrons. The highest BCUT2D eigenvalue weighted by molar-refractivity contribution is 9.10. The SMILES string of the molecule is NC(Cc1ccc(Br)nc1)C(F)(F)F. The third kappa shape index (κ3) is 3.26. The molecule has 0 aliphatic carbocycles. The van der Waals surface area contributed by atoms with Crippen molar-refractivity contribution in [3.63, 3.8) is 0 Å². The molecule has 0 fully saturated rings. The summed E-state index contributed by atoms with van der Waals surface area (Å²) in [5.74, 6) is 0. The van der Waals surface area contributed by atoms with Crippen LogP contribution in [0.25, 0.3) is 0 Å². The van der Waals surface area contributed by atoms with E-state index in [1.165, 1.54) is 6.20 Å². The first-order valence-corrected chi connectivity index (χ1v) is 4.61. The number of halogens is 4. The normalized spacial score (nSPS) is 14.1. The van der Waals surface area contributed by atoms with E-state index < -0.39 is 12.2 Å². The first-order chi connectivity index (χ1) is 6.39. The number of alkyl halides is 3. The van der Waals surface area contributed by atoms with Gasteiger partial charge in [-0.1, -0.05) is 6.07 Å². The van der Waals surface area contributed by atoms with Crippen LogP contribution in [0.3, 0.4) is 0 Å². The molecule has 1 heterocycles. The molecule has 2 nitrogen and oxygen atoms in total. The van der Waals surface area contributed by atoms with Crippen molar-refractivity contribution in [3.05, 3.63) is 28.5 Å². The third-order valence-electron chi connectivity index (χ3n) is 1.66. The molecule has 1 aromatic rings. The molecule has 2 N–H and O–H groups in total. The zero-order valence-corrected chi connectivity index (χ0v) is 8.64. The fraction of sp³-hybridized carbons (Fsp3) is 0.375. The smallest absolute Gasteiger partial charge is 0.320 e. The van der Waals surface area contributed by atoms with Crippen molar-refractivity contribution in [2.24, 2.45) is 5.73 Å². The zero-order chi connectivity index (χ0) is 10.8. The quantitative estimate of drug-likeness (QED) is 0.836. The van der Waals surface area contributed by atoms with Gasteiger partial charge in [0, 0.05) is 6.20 Å². The van der Waals surface area contributed by atoms with Gasteiger partial charge in [0.1, 0.15) is 10.6 Å². The summed E-state index contributed by atoms with van der Waals surface area (Å²) in [7, 11) is 0. The summed E-state index contributed by atoms with van der Waals surface area (Å²) in [4.78, 5) is 3.81. The Bertz CT molecular complexity index is 296. The minimum absolute atomic E-state index is 0.246. The second-order valence-corrected chi connectivity index (χ2v) is 3.65. The summed E-state index contributed by atoms with van der Waals surface area (Å²) in [6, 6.07) is 1.31. The average Bonchev–Trinajstić information content (AvgIpc) is 2.07. The van der Waals surface area contributed by atoms with Crippen molar-refractivity contribution in [1.29, 1.82) is 0 Å². The Labute approximate surface area is 87.4 Å². The van der Waals surface area contributed by atoms with Crippen molar-refractivity contribution >= 4 is 15.9 Å². The lowest BCUT2D eigenvalue weighted by molar-refractivity contribution is -0.147. The predicted molar refractivity (Wildman–Crippen MR) is 49.7 cm³/mol. The van der Waals surface area contributed by atoms with E-state index in [1.807, 2.05) is 0 Å². The summed E-state index contributed by atoms with van der Waals surface area (Å²) in [6.07, 6.45) is -3.23. The van der Waals surface area contributed by atoms with Gasteiger partial charge in [0.25, 0.3) is 0 Å². The Morgan fingerprint density at radius 1 is 1.43 bits per heavy atom. The van der Waals surface area contributed by atoms with Crippen molar-refractivity contribution in [1.82, 2.24) is 4.98 Å². The Hall–Kier alpha value is -0.620. The molecule has 1 rings (SSSR count). The molecule has 0 aromatic carbocycles. The van der Waals surface area contributed by atoms with Crippen molar-refractivity contribution in [3.8, 4) is 0 Å². The molecule has 0 spiro atoms. The van der Waals surface area contributed by atoms with Crippen molar-refractivity contribution < 1.29 is 13.2 Å². The van der Waals surface area contributed by atoms with Crippen molar-refractivity contribution in [2.45, 2.75) is 18.6 Å². The maximum absolute atomic E-state index is 12.1. The van der Waals surface area contributed by atoms with E-state index in [2.05, 4.69) is 20.9 Å². The summed E-state index contributed by atoms with van der Waals surface area (Å²) in [6.45, 7) is 0. The maximum Gasteiger partial charge on any atom is 0.403 e. The van der Waals surface area contributed by atoms with Gasteiger partial charge in [-0.15, -0.1) is 0 Å². The number of rotatable bonds is 2. The van der Waals surface area contributed by atoms with Gasteiger partial charge < -0.3 is 5.73 Å². The molecule has 14 heavy (non-hydrogen) atoms. The summed E-state index contributed by atoms with van der Waals surface area (Å²) in [5.41, 5.74) is 5.43. The van der Waals surface area contributed by atoms with E-state index >= 15 is 0 Å². The molecule has 0 saturated heterocycles. The molecule has 0 bridgehead atoms. The van der Waals surface area contributed by atoms with Gasteiger partial charge in [-0.05, 0) is 34.0 Å². The monoisotopic (exact) mass is 268 g/mol. The molecule has 1 aromatic heterocycles. The Morgan fingerprint density at radius 3 is 2.50 bits per heavy atom. The van der Waals surface area contributed by atoms with Crippen LogP contribution < -0.4 is 5.73 Å². The van der Waals surface area contributed by atoms with E-state index in [9.17, 15) is 13.2 Å². The molecule has 6 heteroatoms. The van der Waals surface area contributed by atoms with Crippen LogP contribution in [0.15, 0.2) is 22.9 Å². The molecule has 0 amide bonds. The van der Waals surface area contributed by atoms with Crippen LogP contribution in [0.1, 0.15) is 5.56 Å². The number of pyridine rings is 1. The lowest BCUT2D eigenvalue weighted by Crippen LogP contribution is -2.39. The second-order valence-electron chi connectivity index (χ2n) is 2.84. The van der Waals surface area contributed by atoms with Gasteiger partial charge in [0.15, 0.2) is 0 Å². The molecule has 1 atom stereocenters. The van der Waals surface area contributed by atoms with Crippen LogP contribution in [0, 0.1) is 0 Å². The van der Waals surface area contributed by atoms with E-state index in [-0.39, 0.29) is 6.42 Å². The summed E-state index contributed by atoms with van der Waals surface area (Å²) < 4.78 is 36.8. The average molecular weight is 269 g/mol. The second kappa shape index (κ2) is 4.27. The van der Waals surface area contributed by atoms with Crippen LogP contribution in [0.5, 0.6) is 0 Å². The van der Waals surface area contributed by atoms with Gasteiger partial charge in [0.2, 0.25) is 0 Å². The predicted octanol–water partition coefficient (Wildman–Crippen LogP) is 2.28. The number of nitrogens with zero attached hydrogens (tertiary/aromatic N) is 1. The van der Waals surface area contributed by atoms with Gasteiger partial charge in [-0.2, -0.15) is 13.2 Å². The van der Waals surface area contributed by atoms with Crippen LogP contribution in [-0.4, -0.2) is 17.2 Å². The summed E-state index contributed by atoms with van der Waals surface area (Å²) >= 11 is 3.09. The summed E-state index contributed by atoms with van der Waals surface area (Å²) in [5, 5.41) is 0. The Morgan fingerprint density at radius 2 is 2.07 bits per heavy atom.